The molecule has 0 unspecified atom stereocenters. The summed E-state index contributed by atoms with van der Waals surface area (Å²) in [6.45, 7) is 0.0309. The summed E-state index contributed by atoms with van der Waals surface area (Å²) < 4.78 is 1.78. The van der Waals surface area contributed by atoms with Crippen molar-refractivity contribution in [3.63, 3.8) is 0 Å². The van der Waals surface area contributed by atoms with Gasteiger partial charge in [-0.3, -0.25) is 4.79 Å². The molecule has 0 aliphatic heterocycles. The second-order valence-corrected chi connectivity index (χ2v) is 4.25. The smallest absolute Gasteiger partial charge is 0.268 e. The van der Waals surface area contributed by atoms with Gasteiger partial charge in [0.1, 0.15) is 5.69 Å². The van der Waals surface area contributed by atoms with Gasteiger partial charge in [-0.2, -0.15) is 0 Å². The lowest BCUT2D eigenvalue weighted by molar-refractivity contribution is 0.0635. The van der Waals surface area contributed by atoms with Crippen LogP contribution in [-0.4, -0.2) is 27.7 Å². The average Bonchev–Trinajstić information content (AvgIpc) is 2.58. The van der Waals surface area contributed by atoms with E-state index in [0.717, 1.165) is 19.3 Å². The van der Waals surface area contributed by atoms with Gasteiger partial charge in [0, 0.05) is 13.2 Å². The number of aromatic nitrogens is 1. The first-order valence-corrected chi connectivity index (χ1v) is 5.22. The summed E-state index contributed by atoms with van der Waals surface area (Å²) in [6.07, 6.45) is 4.66. The minimum atomic E-state index is -0.360. The second kappa shape index (κ2) is 3.70. The Hall–Kier alpha value is -1.29. The topological polar surface area (TPSA) is 54.3 Å². The molecule has 2 rings (SSSR count). The minimum Gasteiger partial charge on any atom is -0.394 e. The van der Waals surface area contributed by atoms with E-state index in [1.165, 1.54) is 0 Å². The Balaban J connectivity index is 2.07. The summed E-state index contributed by atoms with van der Waals surface area (Å²) in [5.41, 5.74) is 0.274. The molecule has 1 fully saturated rings. The fourth-order valence-electron chi connectivity index (χ4n) is 1.93. The van der Waals surface area contributed by atoms with Crippen molar-refractivity contribution in [1.29, 1.82) is 0 Å². The van der Waals surface area contributed by atoms with Gasteiger partial charge >= 0.3 is 0 Å². The summed E-state index contributed by atoms with van der Waals surface area (Å²) in [6, 6.07) is 3.61. The normalized spacial score (nSPS) is 18.3. The standard InChI is InChI=1S/C11H16N2O2/c1-13-7-2-4-9(13)10(15)12-11(8-14)5-3-6-11/h2,4,7,14H,3,5-6,8H2,1H3,(H,12,15). The molecule has 1 amide bonds. The van der Waals surface area contributed by atoms with Crippen molar-refractivity contribution in [2.45, 2.75) is 24.8 Å². The molecule has 1 aromatic rings. The molecule has 1 aromatic heterocycles. The average molecular weight is 208 g/mol. The second-order valence-electron chi connectivity index (χ2n) is 4.25. The lowest BCUT2D eigenvalue weighted by atomic mass is 9.77. The maximum absolute atomic E-state index is 11.9. The van der Waals surface area contributed by atoms with E-state index in [1.807, 2.05) is 19.3 Å². The van der Waals surface area contributed by atoms with Gasteiger partial charge in [-0.1, -0.05) is 0 Å². The first-order chi connectivity index (χ1) is 7.17. The number of nitrogens with one attached hydrogen (secondary N) is 1. The Kier molecular flexibility index (Phi) is 2.52. The first kappa shape index (κ1) is 10.2. The van der Waals surface area contributed by atoms with Gasteiger partial charge in [0.15, 0.2) is 0 Å². The molecule has 0 saturated heterocycles. The maximum Gasteiger partial charge on any atom is 0.268 e. The molecular formula is C11H16N2O2. The molecule has 1 aliphatic rings. The Morgan fingerprint density at radius 2 is 2.40 bits per heavy atom. The molecule has 0 bridgehead atoms. The highest BCUT2D eigenvalue weighted by Gasteiger charge is 2.38. The lowest BCUT2D eigenvalue weighted by Gasteiger charge is -2.40. The molecule has 0 aromatic carbocycles. The minimum absolute atomic E-state index is 0.0309. The number of rotatable bonds is 3. The highest BCUT2D eigenvalue weighted by atomic mass is 16.3. The van der Waals surface area contributed by atoms with Crippen LogP contribution in [0.3, 0.4) is 0 Å². The van der Waals surface area contributed by atoms with Crippen LogP contribution in [0.2, 0.25) is 0 Å². The molecule has 0 spiro atoms. The van der Waals surface area contributed by atoms with E-state index in [1.54, 1.807) is 10.6 Å². The van der Waals surface area contributed by atoms with Crippen molar-refractivity contribution in [3.8, 4) is 0 Å². The molecule has 4 heteroatoms. The first-order valence-electron chi connectivity index (χ1n) is 5.22. The number of hydrogen-bond acceptors (Lipinski definition) is 2. The molecule has 15 heavy (non-hydrogen) atoms. The van der Waals surface area contributed by atoms with Gasteiger partial charge in [0.25, 0.3) is 5.91 Å². The van der Waals surface area contributed by atoms with Crippen LogP contribution < -0.4 is 5.32 Å². The Morgan fingerprint density at radius 3 is 2.80 bits per heavy atom. The van der Waals surface area contributed by atoms with Crippen LogP contribution in [0.15, 0.2) is 18.3 Å². The quantitative estimate of drug-likeness (QED) is 0.767. The lowest BCUT2D eigenvalue weighted by Crippen LogP contribution is -2.56. The van der Waals surface area contributed by atoms with Crippen LogP contribution >= 0.6 is 0 Å². The van der Waals surface area contributed by atoms with E-state index in [9.17, 15) is 9.90 Å². The third-order valence-corrected chi connectivity index (χ3v) is 3.17. The molecule has 1 aliphatic carbocycles. The molecular weight excluding hydrogens is 192 g/mol. The maximum atomic E-state index is 11.9. The SMILES string of the molecule is Cn1cccc1C(=O)NC1(CO)CCC1. The molecule has 2 N–H and O–H groups in total. The zero-order valence-corrected chi connectivity index (χ0v) is 8.86. The number of carbonyl (C=O) groups excluding carboxylic acids is 1. The van der Waals surface area contributed by atoms with Gasteiger partial charge in [-0.25, -0.2) is 0 Å². The van der Waals surface area contributed by atoms with E-state index in [0.29, 0.717) is 5.69 Å². The van der Waals surface area contributed by atoms with Crippen LogP contribution in [0, 0.1) is 0 Å². The molecule has 82 valence electrons. The molecule has 4 nitrogen and oxygen atoms in total. The van der Waals surface area contributed by atoms with E-state index >= 15 is 0 Å². The summed E-state index contributed by atoms with van der Waals surface area (Å²) in [7, 11) is 1.83. The monoisotopic (exact) mass is 208 g/mol. The number of aliphatic hydroxyl groups excluding tert-OH is 1. The summed E-state index contributed by atoms with van der Waals surface area (Å²) in [4.78, 5) is 11.9. The van der Waals surface area contributed by atoms with Crippen molar-refractivity contribution in [2.24, 2.45) is 7.05 Å². The van der Waals surface area contributed by atoms with Gasteiger partial charge in [0.05, 0.1) is 12.1 Å². The predicted octanol–water partition coefficient (Wildman–Crippen LogP) is 0.670. The zero-order chi connectivity index (χ0) is 10.9. The van der Waals surface area contributed by atoms with Gasteiger partial charge in [-0.05, 0) is 31.4 Å². The van der Waals surface area contributed by atoms with Crippen molar-refractivity contribution in [2.75, 3.05) is 6.61 Å². The highest BCUT2D eigenvalue weighted by Crippen LogP contribution is 2.31. The molecule has 0 radical (unpaired) electrons. The van der Waals surface area contributed by atoms with Crippen molar-refractivity contribution in [3.05, 3.63) is 24.0 Å². The number of nitrogens with zero attached hydrogens (tertiary/aromatic N) is 1. The van der Waals surface area contributed by atoms with Crippen LogP contribution in [0.5, 0.6) is 0 Å². The van der Waals surface area contributed by atoms with Crippen molar-refractivity contribution in [1.82, 2.24) is 9.88 Å². The molecule has 1 saturated carbocycles. The summed E-state index contributed by atoms with van der Waals surface area (Å²) in [5, 5.41) is 12.1. The van der Waals surface area contributed by atoms with E-state index in [4.69, 9.17) is 0 Å². The third-order valence-electron chi connectivity index (χ3n) is 3.17. The van der Waals surface area contributed by atoms with Crippen LogP contribution in [0.25, 0.3) is 0 Å². The third kappa shape index (κ3) is 1.77. The number of amides is 1. The number of carbonyl (C=O) groups is 1. The Bertz CT molecular complexity index is 361. The van der Waals surface area contributed by atoms with E-state index < -0.39 is 0 Å². The number of aliphatic hydroxyl groups is 1. The van der Waals surface area contributed by atoms with Crippen molar-refractivity contribution >= 4 is 5.91 Å². The Morgan fingerprint density at radius 1 is 1.67 bits per heavy atom. The predicted molar refractivity (Wildman–Crippen MR) is 56.5 cm³/mol. The number of aryl methyl sites for hydroxylation is 1. The molecule has 1 heterocycles. The van der Waals surface area contributed by atoms with Crippen LogP contribution in [0.4, 0.5) is 0 Å². The highest BCUT2D eigenvalue weighted by molar-refractivity contribution is 5.93. The largest absolute Gasteiger partial charge is 0.394 e. The van der Waals surface area contributed by atoms with Gasteiger partial charge in [-0.15, -0.1) is 0 Å². The fourth-order valence-corrected chi connectivity index (χ4v) is 1.93. The van der Waals surface area contributed by atoms with E-state index in [-0.39, 0.29) is 18.1 Å². The number of hydrogen-bond donors (Lipinski definition) is 2. The van der Waals surface area contributed by atoms with Crippen LogP contribution in [-0.2, 0) is 7.05 Å². The van der Waals surface area contributed by atoms with Gasteiger partial charge in [0.2, 0.25) is 0 Å². The van der Waals surface area contributed by atoms with Crippen LogP contribution in [0.1, 0.15) is 29.8 Å². The fraction of sp³-hybridized carbons (Fsp3) is 0.545. The van der Waals surface area contributed by atoms with Gasteiger partial charge < -0.3 is 15.0 Å². The summed E-state index contributed by atoms with van der Waals surface area (Å²) in [5.74, 6) is -0.101. The van der Waals surface area contributed by atoms with Crippen molar-refractivity contribution < 1.29 is 9.90 Å². The Labute approximate surface area is 88.9 Å². The zero-order valence-electron chi connectivity index (χ0n) is 8.86. The summed E-state index contributed by atoms with van der Waals surface area (Å²) >= 11 is 0. The molecule has 0 atom stereocenters. The van der Waals surface area contributed by atoms with E-state index in [2.05, 4.69) is 5.32 Å².